The molecule has 6 nitrogen and oxygen atoms in total. The van der Waals surface area contributed by atoms with Crippen molar-refractivity contribution in [2.45, 2.75) is 84.1 Å². The van der Waals surface area contributed by atoms with Gasteiger partial charge in [-0.2, -0.15) is 0 Å². The zero-order chi connectivity index (χ0) is 22.3. The number of carbonyl (C=O) groups excluding carboxylic acids is 1. The van der Waals surface area contributed by atoms with E-state index in [1.165, 1.54) is 30.4 Å². The molecule has 1 aromatic carbocycles. The summed E-state index contributed by atoms with van der Waals surface area (Å²) in [5.74, 6) is 1.40. The van der Waals surface area contributed by atoms with Crippen LogP contribution in [0, 0.1) is 5.92 Å². The third kappa shape index (κ3) is 7.53. The van der Waals surface area contributed by atoms with Gasteiger partial charge in [-0.05, 0) is 51.2 Å². The summed E-state index contributed by atoms with van der Waals surface area (Å²) in [5.41, 5.74) is 2.22. The number of likely N-dealkylation sites (tertiary alicyclic amines) is 1. The maximum Gasteiger partial charge on any atom is 0.225 e. The van der Waals surface area contributed by atoms with E-state index >= 15 is 0 Å². The number of ether oxygens (including phenoxy) is 1. The molecule has 0 aromatic heterocycles. The van der Waals surface area contributed by atoms with Crippen molar-refractivity contribution in [2.75, 3.05) is 20.1 Å². The number of hydrogen-bond donors (Lipinski definition) is 2. The molecule has 1 saturated carbocycles. The smallest absolute Gasteiger partial charge is 0.225 e. The number of aliphatic imine (C=N–C) groups is 1. The first-order chi connectivity index (χ1) is 14.8. The van der Waals surface area contributed by atoms with Gasteiger partial charge in [0.05, 0.1) is 12.2 Å². The van der Waals surface area contributed by atoms with E-state index in [4.69, 9.17) is 4.74 Å². The molecule has 2 aliphatic rings. The minimum absolute atomic E-state index is 0.145. The summed E-state index contributed by atoms with van der Waals surface area (Å²) in [6, 6.07) is 8.71. The molecule has 0 bridgehead atoms. The highest BCUT2D eigenvalue weighted by molar-refractivity contribution is 5.81. The summed E-state index contributed by atoms with van der Waals surface area (Å²) in [6.07, 6.45) is 6.78. The fraction of sp³-hybridized carbons (Fsp3) is 0.680. The lowest BCUT2D eigenvalue weighted by molar-refractivity contribution is -0.135. The third-order valence-electron chi connectivity index (χ3n) is 6.14. The maximum atomic E-state index is 12.8. The Morgan fingerprint density at radius 2 is 1.90 bits per heavy atom. The Hall–Kier alpha value is -2.08. The Bertz CT molecular complexity index is 750. The molecule has 3 rings (SSSR count). The second-order valence-corrected chi connectivity index (χ2v) is 9.90. The van der Waals surface area contributed by atoms with Crippen molar-refractivity contribution >= 4 is 11.9 Å². The van der Waals surface area contributed by atoms with E-state index in [1.807, 2.05) is 0 Å². The molecule has 1 aliphatic heterocycles. The molecule has 1 atom stereocenters. The number of carbonyl (C=O) groups is 1. The Morgan fingerprint density at radius 1 is 1.16 bits per heavy atom. The number of benzene rings is 1. The molecule has 1 heterocycles. The fourth-order valence-corrected chi connectivity index (χ4v) is 4.39. The van der Waals surface area contributed by atoms with Crippen molar-refractivity contribution in [3.63, 3.8) is 0 Å². The van der Waals surface area contributed by atoms with E-state index in [1.54, 1.807) is 7.05 Å². The summed E-state index contributed by atoms with van der Waals surface area (Å²) in [7, 11) is 1.79. The molecule has 1 saturated heterocycles. The molecule has 1 amide bonds. The van der Waals surface area contributed by atoms with E-state index in [2.05, 4.69) is 65.6 Å². The zero-order valence-corrected chi connectivity index (χ0v) is 19.7. The fourth-order valence-electron chi connectivity index (χ4n) is 4.39. The van der Waals surface area contributed by atoms with Crippen LogP contribution in [0.2, 0.25) is 0 Å². The maximum absolute atomic E-state index is 12.8. The van der Waals surface area contributed by atoms with Crippen LogP contribution in [0.5, 0.6) is 0 Å². The molecule has 2 N–H and O–H groups in total. The van der Waals surface area contributed by atoms with Crippen molar-refractivity contribution in [1.29, 1.82) is 0 Å². The van der Waals surface area contributed by atoms with E-state index in [9.17, 15) is 4.79 Å². The topological polar surface area (TPSA) is 66.0 Å². The van der Waals surface area contributed by atoms with Crippen LogP contribution in [0.1, 0.15) is 70.4 Å². The highest BCUT2D eigenvalue weighted by Crippen LogP contribution is 2.26. The van der Waals surface area contributed by atoms with Crippen LogP contribution in [0.15, 0.2) is 29.3 Å². The summed E-state index contributed by atoms with van der Waals surface area (Å²) in [6.45, 7) is 9.13. The molecule has 6 heteroatoms. The predicted octanol–water partition coefficient (Wildman–Crippen LogP) is 3.85. The van der Waals surface area contributed by atoms with Crippen molar-refractivity contribution in [3.05, 3.63) is 35.4 Å². The number of nitrogens with one attached hydrogen (secondary N) is 2. The van der Waals surface area contributed by atoms with Gasteiger partial charge in [-0.25, -0.2) is 0 Å². The quantitative estimate of drug-likeness (QED) is 0.534. The normalized spacial score (nSPS) is 20.7. The van der Waals surface area contributed by atoms with E-state index in [0.717, 1.165) is 38.3 Å². The Morgan fingerprint density at radius 3 is 2.61 bits per heavy atom. The van der Waals surface area contributed by atoms with E-state index < -0.39 is 0 Å². The molecule has 0 radical (unpaired) electrons. The van der Waals surface area contributed by atoms with Gasteiger partial charge < -0.3 is 20.3 Å². The van der Waals surface area contributed by atoms with Crippen LogP contribution in [0.4, 0.5) is 0 Å². The van der Waals surface area contributed by atoms with Gasteiger partial charge in [-0.3, -0.25) is 9.79 Å². The first kappa shape index (κ1) is 23.6. The molecule has 31 heavy (non-hydrogen) atoms. The Kier molecular flexibility index (Phi) is 8.35. The monoisotopic (exact) mass is 428 g/mol. The number of rotatable bonds is 6. The van der Waals surface area contributed by atoms with Crippen LogP contribution in [-0.4, -0.2) is 48.5 Å². The minimum atomic E-state index is -0.145. The van der Waals surface area contributed by atoms with Crippen molar-refractivity contribution < 1.29 is 9.53 Å². The lowest BCUT2D eigenvalue weighted by Gasteiger charge is -2.26. The van der Waals surface area contributed by atoms with Crippen molar-refractivity contribution in [3.8, 4) is 0 Å². The largest absolute Gasteiger partial charge is 0.371 e. The summed E-state index contributed by atoms with van der Waals surface area (Å²) < 4.78 is 5.89. The van der Waals surface area contributed by atoms with Gasteiger partial charge in [0.25, 0.3) is 0 Å². The van der Waals surface area contributed by atoms with Crippen LogP contribution in [-0.2, 0) is 22.7 Å². The summed E-state index contributed by atoms with van der Waals surface area (Å²) >= 11 is 0. The average molecular weight is 429 g/mol. The predicted molar refractivity (Wildman–Crippen MR) is 126 cm³/mol. The van der Waals surface area contributed by atoms with Gasteiger partial charge >= 0.3 is 0 Å². The first-order valence-electron chi connectivity index (χ1n) is 11.8. The third-order valence-corrected chi connectivity index (χ3v) is 6.14. The highest BCUT2D eigenvalue weighted by Gasteiger charge is 2.31. The molecule has 0 spiro atoms. The van der Waals surface area contributed by atoms with Crippen LogP contribution >= 0.6 is 0 Å². The van der Waals surface area contributed by atoms with Gasteiger partial charge in [-0.15, -0.1) is 0 Å². The van der Waals surface area contributed by atoms with Crippen LogP contribution < -0.4 is 10.6 Å². The Balaban J connectivity index is 1.45. The van der Waals surface area contributed by atoms with Gasteiger partial charge in [0.2, 0.25) is 5.91 Å². The van der Waals surface area contributed by atoms with Gasteiger partial charge in [-0.1, -0.05) is 43.5 Å². The lowest BCUT2D eigenvalue weighted by atomic mass is 9.88. The molecular formula is C25H40N4O2. The zero-order valence-electron chi connectivity index (χ0n) is 19.7. The SMILES string of the molecule is CN=C(NCc1cccc(COC(C)(C)C)c1)NC1CCN(C(=O)C2CCCCC2)C1. The van der Waals surface area contributed by atoms with Gasteiger partial charge in [0.15, 0.2) is 5.96 Å². The summed E-state index contributed by atoms with van der Waals surface area (Å²) in [5, 5.41) is 6.92. The molecule has 1 aliphatic carbocycles. The van der Waals surface area contributed by atoms with Crippen molar-refractivity contribution in [1.82, 2.24) is 15.5 Å². The second-order valence-electron chi connectivity index (χ2n) is 9.90. The average Bonchev–Trinajstić information content (AvgIpc) is 3.23. The number of amides is 1. The highest BCUT2D eigenvalue weighted by atomic mass is 16.5. The number of hydrogen-bond acceptors (Lipinski definition) is 3. The molecule has 2 fully saturated rings. The lowest BCUT2D eigenvalue weighted by Crippen LogP contribution is -2.45. The molecule has 172 valence electrons. The molecule has 1 aromatic rings. The van der Waals surface area contributed by atoms with Crippen molar-refractivity contribution in [2.24, 2.45) is 10.9 Å². The van der Waals surface area contributed by atoms with Crippen LogP contribution in [0.25, 0.3) is 0 Å². The van der Waals surface area contributed by atoms with E-state index in [0.29, 0.717) is 19.1 Å². The van der Waals surface area contributed by atoms with Gasteiger partial charge in [0, 0.05) is 38.6 Å². The van der Waals surface area contributed by atoms with Crippen LogP contribution in [0.3, 0.4) is 0 Å². The number of guanidine groups is 1. The standard InChI is InChI=1S/C25H40N4O2/c1-25(2,3)31-18-20-10-8-9-19(15-20)16-27-24(26-4)28-22-13-14-29(17-22)23(30)21-11-6-5-7-12-21/h8-10,15,21-22H,5-7,11-14,16-18H2,1-4H3,(H2,26,27,28). The molecule has 1 unspecified atom stereocenters. The van der Waals surface area contributed by atoms with Gasteiger partial charge in [0.1, 0.15) is 0 Å². The van der Waals surface area contributed by atoms with E-state index in [-0.39, 0.29) is 17.6 Å². The second kappa shape index (κ2) is 11.0. The minimum Gasteiger partial charge on any atom is -0.371 e. The first-order valence-corrected chi connectivity index (χ1v) is 11.8. The summed E-state index contributed by atoms with van der Waals surface area (Å²) in [4.78, 5) is 19.2. The number of nitrogens with zero attached hydrogens (tertiary/aromatic N) is 2. The Labute approximate surface area is 187 Å². The molecular weight excluding hydrogens is 388 g/mol.